The fourth-order valence-electron chi connectivity index (χ4n) is 1.95. The third-order valence-electron chi connectivity index (χ3n) is 3.16. The molecule has 0 spiro atoms. The maximum Gasteiger partial charge on any atom is 0.454 e. The number of alkyl halides is 5. The minimum atomic E-state index is -5.46. The number of hydrogen-bond acceptors (Lipinski definition) is 2. The highest BCUT2D eigenvalue weighted by Crippen LogP contribution is 2.36. The molecule has 108 valence electrons. The fourth-order valence-corrected chi connectivity index (χ4v) is 1.95. The van der Waals surface area contributed by atoms with E-state index in [4.69, 9.17) is 0 Å². The number of rotatable bonds is 2. The monoisotopic (exact) mass is 274 g/mol. The summed E-state index contributed by atoms with van der Waals surface area (Å²) in [6.45, 7) is 6.24. The number of piperazine rings is 1. The van der Waals surface area contributed by atoms with E-state index in [1.165, 1.54) is 4.90 Å². The standard InChI is InChI=1S/C11H19F5N2/c1-9(2,3)18-6-4-17(5-7-18)8-10(12,13)11(14,15)16/h4-8H2,1-3H3. The first kappa shape index (κ1) is 15.6. The molecule has 0 aromatic heterocycles. The Balaban J connectivity index is 2.50. The van der Waals surface area contributed by atoms with Gasteiger partial charge >= 0.3 is 12.1 Å². The first-order chi connectivity index (χ1) is 7.93. The van der Waals surface area contributed by atoms with Crippen molar-refractivity contribution in [3.05, 3.63) is 0 Å². The van der Waals surface area contributed by atoms with Gasteiger partial charge in [-0.25, -0.2) is 0 Å². The lowest BCUT2D eigenvalue weighted by Crippen LogP contribution is -2.56. The van der Waals surface area contributed by atoms with Gasteiger partial charge in [0.1, 0.15) is 0 Å². The van der Waals surface area contributed by atoms with Crippen LogP contribution in [-0.4, -0.2) is 60.2 Å². The van der Waals surface area contributed by atoms with E-state index in [1.807, 2.05) is 20.8 Å². The molecule has 0 bridgehead atoms. The van der Waals surface area contributed by atoms with Crippen molar-refractivity contribution in [1.82, 2.24) is 9.80 Å². The average Bonchev–Trinajstić information content (AvgIpc) is 2.14. The molecule has 7 heteroatoms. The van der Waals surface area contributed by atoms with Gasteiger partial charge in [0.15, 0.2) is 0 Å². The third kappa shape index (κ3) is 3.78. The summed E-state index contributed by atoms with van der Waals surface area (Å²) in [4.78, 5) is 3.25. The molecule has 18 heavy (non-hydrogen) atoms. The molecule has 1 aliphatic heterocycles. The Morgan fingerprint density at radius 2 is 1.28 bits per heavy atom. The summed E-state index contributed by atoms with van der Waals surface area (Å²) in [5.74, 6) is -4.63. The molecule has 1 heterocycles. The van der Waals surface area contributed by atoms with Crippen LogP contribution < -0.4 is 0 Å². The maximum absolute atomic E-state index is 12.9. The van der Waals surface area contributed by atoms with E-state index in [1.54, 1.807) is 0 Å². The predicted octanol–water partition coefficient (Wildman–Crippen LogP) is 2.60. The maximum atomic E-state index is 12.9. The summed E-state index contributed by atoms with van der Waals surface area (Å²) in [7, 11) is 0. The fraction of sp³-hybridized carbons (Fsp3) is 1.00. The van der Waals surface area contributed by atoms with Crippen molar-refractivity contribution in [2.45, 2.75) is 38.4 Å². The lowest BCUT2D eigenvalue weighted by Gasteiger charge is -2.42. The molecule has 0 aliphatic carbocycles. The molecule has 0 aromatic carbocycles. The molecule has 1 rings (SSSR count). The van der Waals surface area contributed by atoms with Crippen LogP contribution in [0.1, 0.15) is 20.8 Å². The van der Waals surface area contributed by atoms with E-state index in [9.17, 15) is 22.0 Å². The smallest absolute Gasteiger partial charge is 0.296 e. The van der Waals surface area contributed by atoms with Gasteiger partial charge in [-0.1, -0.05) is 0 Å². The Morgan fingerprint density at radius 3 is 1.61 bits per heavy atom. The van der Waals surface area contributed by atoms with Gasteiger partial charge < -0.3 is 0 Å². The van der Waals surface area contributed by atoms with Crippen molar-refractivity contribution >= 4 is 0 Å². The van der Waals surface area contributed by atoms with Gasteiger partial charge in [0.05, 0.1) is 6.54 Å². The largest absolute Gasteiger partial charge is 0.454 e. The van der Waals surface area contributed by atoms with E-state index in [0.717, 1.165) is 0 Å². The number of nitrogens with zero attached hydrogens (tertiary/aromatic N) is 2. The van der Waals surface area contributed by atoms with Crippen LogP contribution in [0.2, 0.25) is 0 Å². The minimum absolute atomic E-state index is 0.0847. The van der Waals surface area contributed by atoms with Gasteiger partial charge in [-0.15, -0.1) is 0 Å². The number of halogens is 5. The summed E-state index contributed by atoms with van der Waals surface area (Å²) in [5.41, 5.74) is -0.0847. The summed E-state index contributed by atoms with van der Waals surface area (Å²) in [5, 5.41) is 0. The van der Waals surface area contributed by atoms with E-state index < -0.39 is 18.6 Å². The normalized spacial score (nSPS) is 21.3. The van der Waals surface area contributed by atoms with Crippen LogP contribution in [0.25, 0.3) is 0 Å². The highest BCUT2D eigenvalue weighted by atomic mass is 19.4. The second kappa shape index (κ2) is 4.92. The first-order valence-corrected chi connectivity index (χ1v) is 5.85. The van der Waals surface area contributed by atoms with Crippen molar-refractivity contribution in [2.24, 2.45) is 0 Å². The summed E-state index contributed by atoms with van der Waals surface area (Å²) < 4.78 is 61.9. The topological polar surface area (TPSA) is 6.48 Å². The van der Waals surface area contributed by atoms with Crippen LogP contribution in [0, 0.1) is 0 Å². The second-order valence-corrected chi connectivity index (χ2v) is 5.64. The van der Waals surface area contributed by atoms with E-state index >= 15 is 0 Å². The van der Waals surface area contributed by atoms with Gasteiger partial charge in [0.2, 0.25) is 0 Å². The Hall–Kier alpha value is -0.430. The molecule has 1 aliphatic rings. The molecule has 0 atom stereocenters. The Labute approximate surface area is 104 Å². The molecule has 0 radical (unpaired) electrons. The molecule has 0 unspecified atom stereocenters. The second-order valence-electron chi connectivity index (χ2n) is 5.64. The molecule has 0 N–H and O–H groups in total. The molecular weight excluding hydrogens is 255 g/mol. The lowest BCUT2D eigenvalue weighted by molar-refractivity contribution is -0.287. The van der Waals surface area contributed by atoms with E-state index in [2.05, 4.69) is 4.90 Å². The van der Waals surface area contributed by atoms with Gasteiger partial charge in [-0.05, 0) is 20.8 Å². The van der Waals surface area contributed by atoms with Gasteiger partial charge in [-0.2, -0.15) is 22.0 Å². The van der Waals surface area contributed by atoms with E-state index in [0.29, 0.717) is 13.1 Å². The zero-order valence-electron chi connectivity index (χ0n) is 10.8. The van der Waals surface area contributed by atoms with Gasteiger partial charge in [0, 0.05) is 31.7 Å². The van der Waals surface area contributed by atoms with E-state index in [-0.39, 0.29) is 18.6 Å². The molecular formula is C11H19F5N2. The average molecular weight is 274 g/mol. The summed E-state index contributed by atoms with van der Waals surface area (Å²) in [6, 6.07) is 0. The zero-order valence-corrected chi connectivity index (χ0v) is 10.8. The third-order valence-corrected chi connectivity index (χ3v) is 3.16. The SMILES string of the molecule is CC(C)(C)N1CCN(CC(F)(F)C(F)(F)F)CC1. The van der Waals surface area contributed by atoms with Gasteiger partial charge in [-0.3, -0.25) is 9.80 Å². The Bertz CT molecular complexity index is 274. The van der Waals surface area contributed by atoms with Crippen LogP contribution in [0.5, 0.6) is 0 Å². The summed E-state index contributed by atoms with van der Waals surface area (Å²) in [6.07, 6.45) is -5.46. The zero-order chi connectivity index (χ0) is 14.2. The van der Waals surface area contributed by atoms with Crippen LogP contribution >= 0.6 is 0 Å². The molecule has 0 amide bonds. The predicted molar refractivity (Wildman–Crippen MR) is 58.8 cm³/mol. The Kier molecular flexibility index (Phi) is 4.27. The van der Waals surface area contributed by atoms with Crippen LogP contribution in [0.3, 0.4) is 0 Å². The van der Waals surface area contributed by atoms with Crippen LogP contribution in [0.15, 0.2) is 0 Å². The van der Waals surface area contributed by atoms with Crippen molar-refractivity contribution in [1.29, 1.82) is 0 Å². The van der Waals surface area contributed by atoms with Gasteiger partial charge in [0.25, 0.3) is 0 Å². The highest BCUT2D eigenvalue weighted by molar-refractivity contribution is 4.86. The van der Waals surface area contributed by atoms with Crippen LogP contribution in [-0.2, 0) is 0 Å². The van der Waals surface area contributed by atoms with Crippen molar-refractivity contribution in [2.75, 3.05) is 32.7 Å². The lowest BCUT2D eigenvalue weighted by atomic mass is 10.0. The number of hydrogen-bond donors (Lipinski definition) is 0. The molecule has 1 fully saturated rings. The first-order valence-electron chi connectivity index (χ1n) is 5.85. The Morgan fingerprint density at radius 1 is 0.833 bits per heavy atom. The van der Waals surface area contributed by atoms with Crippen molar-refractivity contribution in [3.8, 4) is 0 Å². The minimum Gasteiger partial charge on any atom is -0.296 e. The molecule has 0 aromatic rings. The molecule has 2 nitrogen and oxygen atoms in total. The molecule has 0 saturated carbocycles. The summed E-state index contributed by atoms with van der Waals surface area (Å²) >= 11 is 0. The van der Waals surface area contributed by atoms with Crippen molar-refractivity contribution in [3.63, 3.8) is 0 Å². The quantitative estimate of drug-likeness (QED) is 0.714. The molecule has 1 saturated heterocycles. The highest BCUT2D eigenvalue weighted by Gasteiger charge is 2.58. The van der Waals surface area contributed by atoms with Crippen LogP contribution in [0.4, 0.5) is 22.0 Å². The van der Waals surface area contributed by atoms with Crippen molar-refractivity contribution < 1.29 is 22.0 Å².